The summed E-state index contributed by atoms with van der Waals surface area (Å²) >= 11 is 0. The number of nitrogens with two attached hydrogens (primary N) is 3. The molecule has 1 aromatic rings. The lowest BCUT2D eigenvalue weighted by Crippen LogP contribution is -2.61. The number of rotatable bonds is 32. The third kappa shape index (κ3) is 22.5. The van der Waals surface area contributed by atoms with Crippen molar-refractivity contribution in [2.24, 2.45) is 35.0 Å². The second-order valence-electron chi connectivity index (χ2n) is 17.0. The number of hydrogen-bond acceptors (Lipinski definition) is 12. The number of carbonyl (C=O) groups excluding carboxylic acids is 8. The van der Waals surface area contributed by atoms with Crippen molar-refractivity contribution in [1.82, 2.24) is 47.9 Å². The van der Waals surface area contributed by atoms with Gasteiger partial charge >= 0.3 is 5.97 Å². The van der Waals surface area contributed by atoms with E-state index >= 15 is 0 Å². The Bertz CT molecular complexity index is 1920. The minimum Gasteiger partial charge on any atom is -0.481 e. The van der Waals surface area contributed by atoms with Gasteiger partial charge in [-0.05, 0) is 50.0 Å². The molecule has 10 atom stereocenters. The van der Waals surface area contributed by atoms with E-state index in [4.69, 9.17) is 28.0 Å². The number of carbonyl (C=O) groups is 9. The highest BCUT2D eigenvalue weighted by Crippen LogP contribution is 2.13. The summed E-state index contributed by atoms with van der Waals surface area (Å²) in [6.45, 7) is 9.25. The molecule has 0 radical (unpaired) electrons. The van der Waals surface area contributed by atoms with E-state index in [0.29, 0.717) is 37.8 Å². The van der Waals surface area contributed by atoms with Crippen LogP contribution in [0.25, 0.3) is 0 Å². The Morgan fingerprint density at radius 1 is 0.565 bits per heavy atom. The topological polar surface area (TPSA) is 428 Å². The summed E-state index contributed by atoms with van der Waals surface area (Å²) in [5.74, 6) is -10.5. The first kappa shape index (κ1) is 60.0. The zero-order chi connectivity index (χ0) is 52.4. The molecular formula is C44H74N14O11. The average molecular weight is 975 g/mol. The van der Waals surface area contributed by atoms with Crippen molar-refractivity contribution in [2.45, 2.75) is 135 Å². The standard InChI is InChI=1S/C44H74N14O11/c1-7-23(3)33(35(45)62)57-39(66)29(20-27-15-10-9-11-16-27)55-42(69)34(24(4)8-2)58-40(67)30(21-32(60)61)54-37(64)26(6)52-41(68)31(22-59)56-38(65)28(17-13-19-51-44(48)49)53-36(63)25(5)14-12-18-50-43(46)47/h9-11,15-16,23-26,28-31,33-34,59H,7-8,12-14,17-22H2,1-6H3,(H2,45,62)(H,52,68)(H,53,63)(H,54,64)(H,55,69)(H,56,65)(H,57,66)(H,58,67)(H,60,61)(H4,46,47,50)(H4,48,49,51)/t23-,24-,25-,26-,28-,29-,30-,31-,33-,34?/m0/s1. The number of aliphatic hydroxyl groups is 1. The number of aliphatic carboxylic acids is 1. The van der Waals surface area contributed by atoms with E-state index in [0.717, 1.165) is 0 Å². The number of carboxylic acids is 1. The van der Waals surface area contributed by atoms with Gasteiger partial charge < -0.3 is 75.3 Å². The van der Waals surface area contributed by atoms with E-state index in [9.17, 15) is 53.4 Å². The minimum absolute atomic E-state index is 0.0149. The maximum atomic E-state index is 14.0. The lowest BCUT2D eigenvalue weighted by atomic mass is 9.95. The second kappa shape index (κ2) is 31.1. The number of guanidine groups is 2. The molecule has 0 bridgehead atoms. The van der Waals surface area contributed by atoms with Crippen LogP contribution in [0.3, 0.4) is 0 Å². The van der Waals surface area contributed by atoms with Crippen molar-refractivity contribution in [2.75, 3.05) is 19.7 Å². The highest BCUT2D eigenvalue weighted by Gasteiger charge is 2.36. The van der Waals surface area contributed by atoms with E-state index in [1.54, 1.807) is 58.0 Å². The van der Waals surface area contributed by atoms with Crippen molar-refractivity contribution in [3.05, 3.63) is 35.9 Å². The fourth-order valence-electron chi connectivity index (χ4n) is 6.66. The van der Waals surface area contributed by atoms with E-state index in [1.165, 1.54) is 6.92 Å². The van der Waals surface area contributed by atoms with Gasteiger partial charge in [0, 0.05) is 25.4 Å². The Morgan fingerprint density at radius 3 is 1.55 bits per heavy atom. The molecule has 0 fully saturated rings. The van der Waals surface area contributed by atoms with E-state index in [1.807, 2.05) is 6.92 Å². The van der Waals surface area contributed by atoms with E-state index in [-0.39, 0.29) is 43.6 Å². The van der Waals surface area contributed by atoms with Crippen LogP contribution >= 0.6 is 0 Å². The maximum Gasteiger partial charge on any atom is 0.305 e. The maximum absolute atomic E-state index is 14.0. The van der Waals surface area contributed by atoms with Gasteiger partial charge in [-0.2, -0.15) is 0 Å². The number of nitrogens with one attached hydrogen (secondary N) is 11. The van der Waals surface area contributed by atoms with Crippen LogP contribution in [0.2, 0.25) is 0 Å². The van der Waals surface area contributed by atoms with Crippen LogP contribution in [0.15, 0.2) is 30.3 Å². The quantitative estimate of drug-likeness (QED) is 0.0193. The molecule has 1 unspecified atom stereocenters. The third-order valence-corrected chi connectivity index (χ3v) is 11.3. The van der Waals surface area contributed by atoms with Crippen LogP contribution in [0.5, 0.6) is 0 Å². The second-order valence-corrected chi connectivity index (χ2v) is 17.0. The molecule has 0 saturated carbocycles. The van der Waals surface area contributed by atoms with Gasteiger partial charge in [-0.15, -0.1) is 0 Å². The van der Waals surface area contributed by atoms with Gasteiger partial charge in [-0.1, -0.05) is 77.8 Å². The lowest BCUT2D eigenvalue weighted by Gasteiger charge is -2.29. The molecule has 25 heteroatoms. The first-order valence-corrected chi connectivity index (χ1v) is 22.9. The third-order valence-electron chi connectivity index (χ3n) is 11.3. The molecule has 19 N–H and O–H groups in total. The van der Waals surface area contributed by atoms with Crippen LogP contribution in [0.4, 0.5) is 0 Å². The SMILES string of the molecule is CC[C@H](C)C(NC(=O)[C@H](CC(=O)O)NC(=O)[C@H](C)NC(=O)[C@H](CO)NC(=O)[C@H](CCCNC(=N)N)NC(=O)[C@@H](C)CCCNC(=N)N)C(=O)N[C@@H](Cc1ccccc1)C(=O)N[C@H](C(N)=O)[C@@H](C)CC. The van der Waals surface area contributed by atoms with Gasteiger partial charge in [0.25, 0.3) is 0 Å². The summed E-state index contributed by atoms with van der Waals surface area (Å²) in [5.41, 5.74) is 16.9. The van der Waals surface area contributed by atoms with Crippen molar-refractivity contribution >= 4 is 65.1 Å². The molecule has 8 amide bonds. The van der Waals surface area contributed by atoms with Gasteiger partial charge in [-0.3, -0.25) is 54.0 Å². The number of hydrogen-bond donors (Lipinski definition) is 16. The zero-order valence-electron chi connectivity index (χ0n) is 40.2. The van der Waals surface area contributed by atoms with Crippen LogP contribution in [0, 0.1) is 28.6 Å². The zero-order valence-corrected chi connectivity index (χ0v) is 40.2. The number of amides is 8. The summed E-state index contributed by atoms with van der Waals surface area (Å²) in [7, 11) is 0. The number of aliphatic hydroxyl groups excluding tert-OH is 1. The first-order valence-electron chi connectivity index (χ1n) is 22.9. The predicted molar refractivity (Wildman–Crippen MR) is 254 cm³/mol. The summed E-state index contributed by atoms with van der Waals surface area (Å²) in [5, 5.41) is 57.0. The smallest absolute Gasteiger partial charge is 0.305 e. The van der Waals surface area contributed by atoms with Crippen molar-refractivity contribution in [3.63, 3.8) is 0 Å². The normalized spacial score (nSPS) is 15.2. The van der Waals surface area contributed by atoms with Gasteiger partial charge in [0.1, 0.15) is 42.3 Å². The molecule has 386 valence electrons. The summed E-state index contributed by atoms with van der Waals surface area (Å²) < 4.78 is 0. The summed E-state index contributed by atoms with van der Waals surface area (Å²) in [4.78, 5) is 119. The molecule has 0 saturated heterocycles. The largest absolute Gasteiger partial charge is 0.481 e. The van der Waals surface area contributed by atoms with Crippen molar-refractivity contribution < 1.29 is 53.4 Å². The van der Waals surface area contributed by atoms with Crippen LogP contribution in [0.1, 0.15) is 92.1 Å². The van der Waals surface area contributed by atoms with Crippen LogP contribution in [-0.2, 0) is 49.6 Å². The van der Waals surface area contributed by atoms with Crippen molar-refractivity contribution in [1.29, 1.82) is 10.8 Å². The number of primary amides is 1. The average Bonchev–Trinajstić information content (AvgIpc) is 3.29. The molecule has 0 heterocycles. The Kier molecular flexibility index (Phi) is 27.0. The molecule has 0 aliphatic rings. The van der Waals surface area contributed by atoms with Gasteiger partial charge in [-0.25, -0.2) is 0 Å². The van der Waals surface area contributed by atoms with Gasteiger partial charge in [0.2, 0.25) is 47.3 Å². The first-order chi connectivity index (χ1) is 32.4. The van der Waals surface area contributed by atoms with Crippen LogP contribution < -0.4 is 65.1 Å². The van der Waals surface area contributed by atoms with E-state index < -0.39 is 120 Å². The van der Waals surface area contributed by atoms with Gasteiger partial charge in [0.05, 0.1) is 13.0 Å². The Hall–Kier alpha value is -7.05. The highest BCUT2D eigenvalue weighted by atomic mass is 16.4. The molecule has 0 aliphatic heterocycles. The predicted octanol–water partition coefficient (Wildman–Crippen LogP) is -3.15. The molecule has 0 aliphatic carbocycles. The summed E-state index contributed by atoms with van der Waals surface area (Å²) in [6, 6.07) is -1.18. The minimum atomic E-state index is -1.80. The van der Waals surface area contributed by atoms with E-state index in [2.05, 4.69) is 47.9 Å². The molecule has 25 nitrogen and oxygen atoms in total. The molecule has 1 aromatic carbocycles. The number of benzene rings is 1. The van der Waals surface area contributed by atoms with Gasteiger partial charge in [0.15, 0.2) is 11.9 Å². The summed E-state index contributed by atoms with van der Waals surface area (Å²) in [6.07, 6.45) is 0.928. The highest BCUT2D eigenvalue weighted by molar-refractivity contribution is 5.98. The Labute approximate surface area is 402 Å². The molecule has 1 rings (SSSR count). The van der Waals surface area contributed by atoms with Crippen molar-refractivity contribution in [3.8, 4) is 0 Å². The molecular weight excluding hydrogens is 901 g/mol. The Balaban J connectivity index is 3.22. The Morgan fingerprint density at radius 2 is 1.03 bits per heavy atom. The monoisotopic (exact) mass is 975 g/mol. The molecule has 0 spiro atoms. The fraction of sp³-hybridized carbons (Fsp3) is 0.614. The molecule has 0 aromatic heterocycles. The lowest BCUT2D eigenvalue weighted by molar-refractivity contribution is -0.141. The number of carboxylic acid groups (broad SMARTS) is 1. The fourth-order valence-corrected chi connectivity index (χ4v) is 6.66. The molecule has 69 heavy (non-hydrogen) atoms. The van der Waals surface area contributed by atoms with Crippen LogP contribution in [-0.4, -0.2) is 137 Å².